The molecule has 0 bridgehead atoms. The molecule has 3 aromatic carbocycles. The third kappa shape index (κ3) is 6.42. The zero-order chi connectivity index (χ0) is 23.0. The molecule has 0 aromatic heterocycles. The number of sulfonamides is 1. The van der Waals surface area contributed by atoms with E-state index >= 15 is 0 Å². The first-order chi connectivity index (χ1) is 15.4. The maximum atomic E-state index is 12.9. The summed E-state index contributed by atoms with van der Waals surface area (Å²) in [5.74, 6) is -0.146. The van der Waals surface area contributed by atoms with Crippen LogP contribution in [0.5, 0.6) is 5.75 Å². The predicted octanol–water partition coefficient (Wildman–Crippen LogP) is 3.92. The van der Waals surface area contributed by atoms with Gasteiger partial charge in [0.05, 0.1) is 7.11 Å². The van der Waals surface area contributed by atoms with E-state index in [1.807, 2.05) is 55.5 Å². The fourth-order valence-corrected chi connectivity index (χ4v) is 4.50. The van der Waals surface area contributed by atoms with Crippen LogP contribution in [-0.4, -0.2) is 27.5 Å². The van der Waals surface area contributed by atoms with E-state index in [9.17, 15) is 13.2 Å². The van der Waals surface area contributed by atoms with Gasteiger partial charge in [0.15, 0.2) is 0 Å². The molecule has 0 saturated heterocycles. The van der Waals surface area contributed by atoms with Crippen LogP contribution in [0.2, 0.25) is 0 Å². The summed E-state index contributed by atoms with van der Waals surface area (Å²) < 4.78 is 33.6. The lowest BCUT2D eigenvalue weighted by molar-refractivity contribution is 0.0938. The van der Waals surface area contributed by atoms with Gasteiger partial charge in [-0.2, -0.15) is 0 Å². The van der Waals surface area contributed by atoms with Gasteiger partial charge in [-0.05, 0) is 49.1 Å². The molecule has 0 heterocycles. The molecular weight excluding hydrogens is 424 g/mol. The highest BCUT2D eigenvalue weighted by Gasteiger charge is 2.22. The lowest BCUT2D eigenvalue weighted by Crippen LogP contribution is -2.33. The first-order valence-corrected chi connectivity index (χ1v) is 11.9. The number of hydrogen-bond donors (Lipinski definition) is 2. The second-order valence-electron chi connectivity index (χ2n) is 7.57. The number of carbonyl (C=O) groups excluding carboxylic acids is 1. The highest BCUT2D eigenvalue weighted by atomic mass is 32.2. The SMILES string of the molecule is COc1ccc(C(=O)N[C@H](C)CCc2ccccc2)cc1S(=O)(=O)NCc1ccccc1. The fraction of sp³-hybridized carbons (Fsp3) is 0.240. The molecule has 2 N–H and O–H groups in total. The minimum absolute atomic E-state index is 0.0685. The summed E-state index contributed by atoms with van der Waals surface area (Å²) in [7, 11) is -2.49. The van der Waals surface area contributed by atoms with Gasteiger partial charge in [-0.15, -0.1) is 0 Å². The maximum absolute atomic E-state index is 12.9. The Labute approximate surface area is 189 Å². The highest BCUT2D eigenvalue weighted by Crippen LogP contribution is 2.25. The van der Waals surface area contributed by atoms with Gasteiger partial charge in [0.2, 0.25) is 10.0 Å². The summed E-state index contributed by atoms with van der Waals surface area (Å²) in [4.78, 5) is 12.7. The van der Waals surface area contributed by atoms with Crippen molar-refractivity contribution in [3.05, 3.63) is 95.6 Å². The topological polar surface area (TPSA) is 84.5 Å². The number of hydrogen-bond acceptors (Lipinski definition) is 4. The zero-order valence-electron chi connectivity index (χ0n) is 18.2. The quantitative estimate of drug-likeness (QED) is 0.488. The Morgan fingerprint density at radius 2 is 1.56 bits per heavy atom. The monoisotopic (exact) mass is 452 g/mol. The molecule has 168 valence electrons. The minimum atomic E-state index is -3.89. The second-order valence-corrected chi connectivity index (χ2v) is 9.31. The van der Waals surface area contributed by atoms with Crippen LogP contribution in [0.25, 0.3) is 0 Å². The van der Waals surface area contributed by atoms with Crippen LogP contribution in [0, 0.1) is 0 Å². The van der Waals surface area contributed by atoms with Gasteiger partial charge in [-0.1, -0.05) is 60.7 Å². The Hall–Kier alpha value is -3.16. The smallest absolute Gasteiger partial charge is 0.251 e. The van der Waals surface area contributed by atoms with E-state index in [2.05, 4.69) is 22.2 Å². The highest BCUT2D eigenvalue weighted by molar-refractivity contribution is 7.89. The van der Waals surface area contributed by atoms with Crippen molar-refractivity contribution in [1.82, 2.24) is 10.0 Å². The van der Waals surface area contributed by atoms with Crippen LogP contribution in [0.3, 0.4) is 0 Å². The first kappa shape index (κ1) is 23.5. The number of nitrogens with one attached hydrogen (secondary N) is 2. The van der Waals surface area contributed by atoms with Crippen molar-refractivity contribution in [3.63, 3.8) is 0 Å². The number of aryl methyl sites for hydroxylation is 1. The van der Waals surface area contributed by atoms with E-state index in [4.69, 9.17) is 4.74 Å². The molecule has 0 aliphatic heterocycles. The van der Waals surface area contributed by atoms with Crippen LogP contribution in [0.4, 0.5) is 0 Å². The number of rotatable bonds is 10. The molecule has 32 heavy (non-hydrogen) atoms. The molecule has 0 spiro atoms. The van der Waals surface area contributed by atoms with Gasteiger partial charge in [0.1, 0.15) is 10.6 Å². The number of ether oxygens (including phenoxy) is 1. The zero-order valence-corrected chi connectivity index (χ0v) is 19.1. The van der Waals surface area contributed by atoms with Crippen LogP contribution in [0.15, 0.2) is 83.8 Å². The lowest BCUT2D eigenvalue weighted by Gasteiger charge is -2.16. The van der Waals surface area contributed by atoms with E-state index in [0.29, 0.717) is 0 Å². The van der Waals surface area contributed by atoms with E-state index in [1.54, 1.807) is 6.07 Å². The maximum Gasteiger partial charge on any atom is 0.251 e. The van der Waals surface area contributed by atoms with Crippen molar-refractivity contribution in [2.24, 2.45) is 0 Å². The van der Waals surface area contributed by atoms with Crippen molar-refractivity contribution in [2.45, 2.75) is 37.2 Å². The molecule has 0 unspecified atom stereocenters. The van der Waals surface area contributed by atoms with E-state index < -0.39 is 10.0 Å². The van der Waals surface area contributed by atoms with Crippen molar-refractivity contribution in [1.29, 1.82) is 0 Å². The van der Waals surface area contributed by atoms with Crippen molar-refractivity contribution in [2.75, 3.05) is 7.11 Å². The Morgan fingerprint density at radius 1 is 0.938 bits per heavy atom. The van der Waals surface area contributed by atoms with Crippen LogP contribution in [0.1, 0.15) is 34.8 Å². The fourth-order valence-electron chi connectivity index (χ4n) is 3.29. The predicted molar refractivity (Wildman–Crippen MR) is 125 cm³/mol. The van der Waals surface area contributed by atoms with Gasteiger partial charge in [0, 0.05) is 18.2 Å². The normalized spacial score (nSPS) is 12.2. The largest absolute Gasteiger partial charge is 0.495 e. The van der Waals surface area contributed by atoms with Crippen LogP contribution in [-0.2, 0) is 23.0 Å². The van der Waals surface area contributed by atoms with Gasteiger partial charge in [-0.3, -0.25) is 4.79 Å². The summed E-state index contributed by atoms with van der Waals surface area (Å²) in [6.45, 7) is 2.07. The first-order valence-electron chi connectivity index (χ1n) is 10.5. The van der Waals surface area contributed by atoms with E-state index in [-0.39, 0.29) is 34.7 Å². The molecule has 6 nitrogen and oxygen atoms in total. The average molecular weight is 453 g/mol. The summed E-state index contributed by atoms with van der Waals surface area (Å²) in [5.41, 5.74) is 2.30. The standard InChI is InChI=1S/C25H28N2O4S/c1-19(13-14-20-9-5-3-6-10-20)27-25(28)22-15-16-23(31-2)24(17-22)32(29,30)26-18-21-11-7-4-8-12-21/h3-12,15-17,19,26H,13-14,18H2,1-2H3,(H,27,28)/t19-/m1/s1. The molecule has 3 aromatic rings. The summed E-state index contributed by atoms with van der Waals surface area (Å²) >= 11 is 0. The Bertz CT molecular complexity index is 1130. The number of benzene rings is 3. The van der Waals surface area contributed by atoms with Gasteiger partial charge in [-0.25, -0.2) is 13.1 Å². The van der Waals surface area contributed by atoms with Crippen molar-refractivity contribution in [3.8, 4) is 5.75 Å². The number of amides is 1. The van der Waals surface area contributed by atoms with Gasteiger partial charge in [0.25, 0.3) is 5.91 Å². The third-order valence-corrected chi connectivity index (χ3v) is 6.53. The Balaban J connectivity index is 1.69. The molecule has 0 saturated carbocycles. The van der Waals surface area contributed by atoms with Crippen LogP contribution >= 0.6 is 0 Å². The molecule has 1 atom stereocenters. The second kappa shape index (κ2) is 10.9. The minimum Gasteiger partial charge on any atom is -0.495 e. The van der Waals surface area contributed by atoms with Crippen LogP contribution < -0.4 is 14.8 Å². The molecule has 0 aliphatic carbocycles. The van der Waals surface area contributed by atoms with Crippen molar-refractivity contribution < 1.29 is 17.9 Å². The Morgan fingerprint density at radius 3 is 2.19 bits per heavy atom. The van der Waals surface area contributed by atoms with Gasteiger partial charge >= 0.3 is 0 Å². The molecule has 3 rings (SSSR count). The number of carbonyl (C=O) groups is 1. The third-order valence-electron chi connectivity index (χ3n) is 5.11. The summed E-state index contributed by atoms with van der Waals surface area (Å²) in [5, 5.41) is 2.95. The lowest BCUT2D eigenvalue weighted by atomic mass is 10.1. The molecule has 7 heteroatoms. The molecule has 0 radical (unpaired) electrons. The van der Waals surface area contributed by atoms with Crippen molar-refractivity contribution >= 4 is 15.9 Å². The summed E-state index contributed by atoms with van der Waals surface area (Å²) in [6, 6.07) is 23.6. The summed E-state index contributed by atoms with van der Waals surface area (Å²) in [6.07, 6.45) is 1.61. The molecule has 1 amide bonds. The van der Waals surface area contributed by atoms with E-state index in [1.165, 1.54) is 24.8 Å². The molecule has 0 fully saturated rings. The average Bonchev–Trinajstić information content (AvgIpc) is 2.82. The Kier molecular flexibility index (Phi) is 8.03. The molecule has 0 aliphatic rings. The number of methoxy groups -OCH3 is 1. The van der Waals surface area contributed by atoms with Gasteiger partial charge < -0.3 is 10.1 Å². The molecular formula is C25H28N2O4S. The van der Waals surface area contributed by atoms with E-state index in [0.717, 1.165) is 18.4 Å².